The van der Waals surface area contributed by atoms with Crippen LogP contribution in [0.15, 0.2) is 59.0 Å². The van der Waals surface area contributed by atoms with Crippen molar-refractivity contribution in [1.29, 1.82) is 0 Å². The van der Waals surface area contributed by atoms with Gasteiger partial charge >= 0.3 is 0 Å². The van der Waals surface area contributed by atoms with Crippen LogP contribution in [0.3, 0.4) is 0 Å². The molecule has 1 aromatic carbocycles. The average Bonchev–Trinajstić information content (AvgIpc) is 2.81. The predicted molar refractivity (Wildman–Crippen MR) is 117 cm³/mol. The maximum Gasteiger partial charge on any atom is 0.131 e. The van der Waals surface area contributed by atoms with Gasteiger partial charge in [0.1, 0.15) is 11.6 Å². The van der Waals surface area contributed by atoms with Crippen molar-refractivity contribution in [2.24, 2.45) is 11.8 Å². The molecule has 2 atom stereocenters. The topological polar surface area (TPSA) is 0 Å². The van der Waals surface area contributed by atoms with Crippen LogP contribution in [0.4, 0.5) is 8.78 Å². The van der Waals surface area contributed by atoms with Crippen LogP contribution >= 0.6 is 0 Å². The van der Waals surface area contributed by atoms with Crippen molar-refractivity contribution in [3.63, 3.8) is 0 Å². The summed E-state index contributed by atoms with van der Waals surface area (Å²) in [5.74, 6) is 0.323. The minimum atomic E-state index is -0.370. The van der Waals surface area contributed by atoms with Gasteiger partial charge in [-0.25, -0.2) is 8.78 Å². The van der Waals surface area contributed by atoms with Crippen molar-refractivity contribution >= 4 is 5.57 Å². The molecule has 0 bridgehead atoms. The largest absolute Gasteiger partial charge is 0.206 e. The van der Waals surface area contributed by atoms with Gasteiger partial charge in [0.15, 0.2) is 0 Å². The van der Waals surface area contributed by atoms with Crippen LogP contribution in [0.25, 0.3) is 5.57 Å². The number of hydrogen-bond acceptors (Lipinski definition) is 0. The van der Waals surface area contributed by atoms with Crippen molar-refractivity contribution in [1.82, 2.24) is 0 Å². The third-order valence-corrected chi connectivity index (χ3v) is 6.03. The molecule has 0 nitrogen and oxygen atoms in total. The molecule has 1 unspecified atom stereocenters. The van der Waals surface area contributed by atoms with E-state index in [2.05, 4.69) is 33.8 Å². The summed E-state index contributed by atoms with van der Waals surface area (Å²) >= 11 is 0. The standard InChI is InChI=1S/C26H34F2/c1-7-17(4)15-20(8-2)21(9-3)23-16-25(28)22(14-13-18(23)5)26-19(6)11-10-12-24(26)27/h9-12,14,16-17,20H,7-8,13,15H2,1-6H3/b21-9+/t17-,20?/m0/s1. The fourth-order valence-corrected chi connectivity index (χ4v) is 4.09. The third-order valence-electron chi connectivity index (χ3n) is 6.03. The highest BCUT2D eigenvalue weighted by Crippen LogP contribution is 2.38. The van der Waals surface area contributed by atoms with Crippen LogP contribution in [-0.2, 0) is 0 Å². The van der Waals surface area contributed by atoms with Gasteiger partial charge in [-0.05, 0) is 80.7 Å². The van der Waals surface area contributed by atoms with Crippen molar-refractivity contribution < 1.29 is 8.78 Å². The van der Waals surface area contributed by atoms with E-state index in [1.165, 1.54) is 11.6 Å². The molecular formula is C26H34F2. The third kappa shape index (κ3) is 4.90. The molecule has 0 aromatic heterocycles. The molecule has 0 amide bonds. The van der Waals surface area contributed by atoms with E-state index in [4.69, 9.17) is 0 Å². The molecule has 0 N–H and O–H groups in total. The Hall–Kier alpha value is -1.96. The Kier molecular flexibility index (Phi) is 7.98. The second-order valence-corrected chi connectivity index (χ2v) is 8.04. The van der Waals surface area contributed by atoms with Crippen molar-refractivity contribution in [3.8, 4) is 0 Å². The normalized spacial score (nSPS) is 17.8. The van der Waals surface area contributed by atoms with Gasteiger partial charge in [0.05, 0.1) is 0 Å². The summed E-state index contributed by atoms with van der Waals surface area (Å²) in [6, 6.07) is 4.90. The fraction of sp³-hybridized carbons (Fsp3) is 0.462. The van der Waals surface area contributed by atoms with Gasteiger partial charge in [-0.3, -0.25) is 0 Å². The van der Waals surface area contributed by atoms with E-state index < -0.39 is 0 Å². The molecule has 2 heteroatoms. The molecule has 152 valence electrons. The fourth-order valence-electron chi connectivity index (χ4n) is 4.09. The lowest BCUT2D eigenvalue weighted by molar-refractivity contribution is 0.415. The van der Waals surface area contributed by atoms with Gasteiger partial charge in [-0.15, -0.1) is 0 Å². The number of allylic oxidation sites excluding steroid dienone is 8. The zero-order valence-electron chi connectivity index (χ0n) is 18.2. The van der Waals surface area contributed by atoms with Crippen LogP contribution in [0.1, 0.15) is 71.4 Å². The number of rotatable bonds is 7. The Bertz CT molecular complexity index is 801. The molecular weight excluding hydrogens is 350 g/mol. The molecule has 2 rings (SSSR count). The summed E-state index contributed by atoms with van der Waals surface area (Å²) in [6.45, 7) is 12.6. The average molecular weight is 385 g/mol. The molecule has 1 aliphatic carbocycles. The van der Waals surface area contributed by atoms with Crippen LogP contribution in [0, 0.1) is 24.6 Å². The highest BCUT2D eigenvalue weighted by Gasteiger charge is 2.23. The summed E-state index contributed by atoms with van der Waals surface area (Å²) < 4.78 is 29.8. The number of aryl methyl sites for hydroxylation is 1. The summed E-state index contributed by atoms with van der Waals surface area (Å²) in [5.41, 5.74) is 4.83. The first kappa shape index (κ1) is 22.3. The molecule has 28 heavy (non-hydrogen) atoms. The molecule has 0 spiro atoms. The molecule has 0 aliphatic heterocycles. The van der Waals surface area contributed by atoms with E-state index >= 15 is 4.39 Å². The van der Waals surface area contributed by atoms with Crippen molar-refractivity contribution in [3.05, 3.63) is 75.9 Å². The molecule has 0 radical (unpaired) electrons. The van der Waals surface area contributed by atoms with Gasteiger partial charge in [-0.2, -0.15) is 0 Å². The van der Waals surface area contributed by atoms with Crippen molar-refractivity contribution in [2.45, 2.75) is 67.2 Å². The zero-order valence-corrected chi connectivity index (χ0v) is 18.2. The van der Waals surface area contributed by atoms with Crippen LogP contribution in [-0.4, -0.2) is 0 Å². The van der Waals surface area contributed by atoms with E-state index in [9.17, 15) is 4.39 Å². The molecule has 0 heterocycles. The summed E-state index contributed by atoms with van der Waals surface area (Å²) in [4.78, 5) is 0. The number of hydrogen-bond donors (Lipinski definition) is 0. The van der Waals surface area contributed by atoms with Crippen LogP contribution in [0.2, 0.25) is 0 Å². The Labute approximate surface area is 169 Å². The van der Waals surface area contributed by atoms with E-state index in [1.807, 2.05) is 26.0 Å². The molecule has 1 aliphatic rings. The Morgan fingerprint density at radius 3 is 2.43 bits per heavy atom. The van der Waals surface area contributed by atoms with E-state index in [0.717, 1.165) is 36.0 Å². The summed E-state index contributed by atoms with van der Waals surface area (Å²) in [7, 11) is 0. The lowest BCUT2D eigenvalue weighted by Gasteiger charge is -2.24. The monoisotopic (exact) mass is 384 g/mol. The minimum absolute atomic E-state index is 0.349. The van der Waals surface area contributed by atoms with Gasteiger partial charge in [0, 0.05) is 11.1 Å². The van der Waals surface area contributed by atoms with Crippen LogP contribution < -0.4 is 0 Å². The molecule has 1 aromatic rings. The van der Waals surface area contributed by atoms with Gasteiger partial charge in [-0.1, -0.05) is 57.0 Å². The van der Waals surface area contributed by atoms with Gasteiger partial charge < -0.3 is 0 Å². The SMILES string of the molecule is C/C=C(/C1=C(C)CC=C(c2c(C)cccc2F)C(F)=C1)C(CC)C[C@@H](C)CC. The maximum absolute atomic E-state index is 15.3. The highest BCUT2D eigenvalue weighted by molar-refractivity contribution is 5.81. The van der Waals surface area contributed by atoms with E-state index in [1.54, 1.807) is 12.1 Å². The minimum Gasteiger partial charge on any atom is -0.206 e. The molecule has 0 saturated carbocycles. The Balaban J connectivity index is 2.46. The molecule has 0 saturated heterocycles. The summed E-state index contributed by atoms with van der Waals surface area (Å²) in [6.07, 6.45) is 9.51. The second kappa shape index (κ2) is 10.0. The first-order valence-electron chi connectivity index (χ1n) is 10.5. The number of benzene rings is 1. The van der Waals surface area contributed by atoms with Crippen molar-refractivity contribution in [2.75, 3.05) is 0 Å². The highest BCUT2D eigenvalue weighted by atomic mass is 19.1. The number of halogens is 2. The van der Waals surface area contributed by atoms with E-state index in [0.29, 0.717) is 29.4 Å². The quantitative estimate of drug-likeness (QED) is 0.442. The first-order valence-corrected chi connectivity index (χ1v) is 10.5. The molecule has 0 fully saturated rings. The second-order valence-electron chi connectivity index (χ2n) is 8.04. The smallest absolute Gasteiger partial charge is 0.131 e. The van der Waals surface area contributed by atoms with Gasteiger partial charge in [0.2, 0.25) is 0 Å². The van der Waals surface area contributed by atoms with Crippen LogP contribution in [0.5, 0.6) is 0 Å². The van der Waals surface area contributed by atoms with E-state index in [-0.39, 0.29) is 11.6 Å². The first-order chi connectivity index (χ1) is 13.3. The Morgan fingerprint density at radius 2 is 1.86 bits per heavy atom. The maximum atomic E-state index is 15.3. The summed E-state index contributed by atoms with van der Waals surface area (Å²) in [5, 5.41) is 0. The lowest BCUT2D eigenvalue weighted by atomic mass is 9.81. The zero-order chi connectivity index (χ0) is 20.8. The van der Waals surface area contributed by atoms with Gasteiger partial charge in [0.25, 0.3) is 0 Å². The Morgan fingerprint density at radius 1 is 1.14 bits per heavy atom. The lowest BCUT2D eigenvalue weighted by Crippen LogP contribution is -2.10. The predicted octanol–water partition coefficient (Wildman–Crippen LogP) is 8.50.